The number of methoxy groups -OCH3 is 1. The largest absolute Gasteiger partial charge is 0.496 e. The van der Waals surface area contributed by atoms with Gasteiger partial charge in [0.15, 0.2) is 0 Å². The molecule has 0 spiro atoms. The number of fused-ring (bicyclic) bond motifs is 1. The molecule has 3 rings (SSSR count). The summed E-state index contributed by atoms with van der Waals surface area (Å²) in [5.74, 6) is 1.77. The number of rotatable bonds is 4. The number of hydrogen-bond acceptors (Lipinski definition) is 4. The Balaban J connectivity index is 1.85. The van der Waals surface area contributed by atoms with Crippen LogP contribution in [0, 0.1) is 13.8 Å². The second kappa shape index (κ2) is 6.02. The molecule has 3 aromatic rings. The molecule has 0 bridgehead atoms. The van der Waals surface area contributed by atoms with Gasteiger partial charge in [-0.05, 0) is 42.7 Å². The van der Waals surface area contributed by atoms with Crippen molar-refractivity contribution in [1.29, 1.82) is 0 Å². The fourth-order valence-corrected chi connectivity index (χ4v) is 2.61. The highest BCUT2D eigenvalue weighted by atomic mass is 16.5. The molecule has 4 nitrogen and oxygen atoms in total. The van der Waals surface area contributed by atoms with Gasteiger partial charge >= 0.3 is 0 Å². The van der Waals surface area contributed by atoms with Crippen LogP contribution >= 0.6 is 0 Å². The van der Waals surface area contributed by atoms with Crippen molar-refractivity contribution in [3.8, 4) is 5.75 Å². The Bertz CT molecular complexity index is 815. The lowest BCUT2D eigenvalue weighted by molar-refractivity contribution is 0.411. The van der Waals surface area contributed by atoms with Gasteiger partial charge in [0, 0.05) is 11.9 Å². The molecule has 0 aliphatic rings. The monoisotopic (exact) mass is 293 g/mol. The van der Waals surface area contributed by atoms with Crippen molar-refractivity contribution >= 4 is 16.7 Å². The molecule has 0 radical (unpaired) electrons. The van der Waals surface area contributed by atoms with Gasteiger partial charge in [0.05, 0.1) is 12.6 Å². The van der Waals surface area contributed by atoms with Gasteiger partial charge in [-0.3, -0.25) is 0 Å². The van der Waals surface area contributed by atoms with E-state index in [9.17, 15) is 0 Å². The Morgan fingerprint density at radius 2 is 1.91 bits per heavy atom. The maximum absolute atomic E-state index is 5.29. The highest BCUT2D eigenvalue weighted by Gasteiger charge is 2.06. The van der Waals surface area contributed by atoms with Gasteiger partial charge in [-0.15, -0.1) is 0 Å². The zero-order valence-corrected chi connectivity index (χ0v) is 13.1. The van der Waals surface area contributed by atoms with Crippen LogP contribution in [-0.2, 0) is 6.54 Å². The Morgan fingerprint density at radius 3 is 2.68 bits per heavy atom. The van der Waals surface area contributed by atoms with Crippen LogP contribution in [0.4, 0.5) is 5.82 Å². The van der Waals surface area contributed by atoms with E-state index in [2.05, 4.69) is 40.4 Å². The Labute approximate surface area is 130 Å². The zero-order chi connectivity index (χ0) is 15.5. The third-order valence-electron chi connectivity index (χ3n) is 3.79. The van der Waals surface area contributed by atoms with Crippen LogP contribution in [0.15, 0.2) is 42.7 Å². The van der Waals surface area contributed by atoms with Crippen molar-refractivity contribution in [2.45, 2.75) is 20.4 Å². The number of benzene rings is 2. The Hall–Kier alpha value is -2.62. The lowest BCUT2D eigenvalue weighted by atomic mass is 10.1. The molecule has 0 aliphatic heterocycles. The van der Waals surface area contributed by atoms with Crippen LogP contribution < -0.4 is 10.1 Å². The summed E-state index contributed by atoms with van der Waals surface area (Å²) in [4.78, 5) is 8.74. The summed E-state index contributed by atoms with van der Waals surface area (Å²) in [6.07, 6.45) is 1.61. The Morgan fingerprint density at radius 1 is 1.05 bits per heavy atom. The summed E-state index contributed by atoms with van der Waals surface area (Å²) in [7, 11) is 1.69. The van der Waals surface area contributed by atoms with Crippen molar-refractivity contribution in [2.75, 3.05) is 12.4 Å². The first-order valence-electron chi connectivity index (χ1n) is 7.27. The first-order valence-corrected chi connectivity index (χ1v) is 7.27. The molecule has 0 atom stereocenters. The minimum atomic E-state index is 0.713. The summed E-state index contributed by atoms with van der Waals surface area (Å²) in [5.41, 5.74) is 4.47. The second-order valence-corrected chi connectivity index (χ2v) is 5.35. The lowest BCUT2D eigenvalue weighted by Crippen LogP contribution is -2.03. The number of aryl methyl sites for hydroxylation is 2. The van der Waals surface area contributed by atoms with Crippen molar-refractivity contribution < 1.29 is 4.74 Å². The highest BCUT2D eigenvalue weighted by Crippen LogP contribution is 2.23. The predicted molar refractivity (Wildman–Crippen MR) is 89.3 cm³/mol. The lowest BCUT2D eigenvalue weighted by Gasteiger charge is -2.11. The molecule has 0 amide bonds. The molecule has 22 heavy (non-hydrogen) atoms. The van der Waals surface area contributed by atoms with E-state index in [0.29, 0.717) is 6.54 Å². The average Bonchev–Trinajstić information content (AvgIpc) is 2.53. The van der Waals surface area contributed by atoms with E-state index in [0.717, 1.165) is 33.6 Å². The summed E-state index contributed by atoms with van der Waals surface area (Å²) in [5, 5.41) is 4.45. The van der Waals surface area contributed by atoms with Crippen LogP contribution in [0.1, 0.15) is 16.7 Å². The first-order chi connectivity index (χ1) is 10.7. The maximum atomic E-state index is 5.29. The number of nitrogens with one attached hydrogen (secondary N) is 1. The van der Waals surface area contributed by atoms with Crippen molar-refractivity contribution in [2.24, 2.45) is 0 Å². The summed E-state index contributed by atoms with van der Waals surface area (Å²) in [6.45, 7) is 4.82. The van der Waals surface area contributed by atoms with Gasteiger partial charge in [0.25, 0.3) is 0 Å². The topological polar surface area (TPSA) is 47.0 Å². The van der Waals surface area contributed by atoms with Gasteiger partial charge in [-0.25, -0.2) is 9.97 Å². The molecule has 1 aromatic heterocycles. The van der Waals surface area contributed by atoms with Crippen LogP contribution in [0.2, 0.25) is 0 Å². The van der Waals surface area contributed by atoms with Gasteiger partial charge in [0.1, 0.15) is 17.9 Å². The molecule has 0 fully saturated rings. The molecule has 1 heterocycles. The van der Waals surface area contributed by atoms with E-state index < -0.39 is 0 Å². The number of nitrogens with zero attached hydrogens (tertiary/aromatic N) is 2. The number of para-hydroxylation sites is 1. The molecule has 0 saturated carbocycles. The van der Waals surface area contributed by atoms with E-state index in [1.165, 1.54) is 5.56 Å². The van der Waals surface area contributed by atoms with E-state index in [4.69, 9.17) is 4.74 Å². The molecular formula is C18H19N3O. The van der Waals surface area contributed by atoms with Crippen molar-refractivity contribution in [3.63, 3.8) is 0 Å². The molecule has 2 aromatic carbocycles. The highest BCUT2D eigenvalue weighted by molar-refractivity contribution is 5.90. The SMILES string of the molecule is COc1ccc(CNc2ncnc3c(C)cccc23)cc1C. The third-order valence-corrected chi connectivity index (χ3v) is 3.79. The average molecular weight is 293 g/mol. The van der Waals surface area contributed by atoms with Crippen LogP contribution in [0.5, 0.6) is 5.75 Å². The zero-order valence-electron chi connectivity index (χ0n) is 13.1. The number of anilines is 1. The van der Waals surface area contributed by atoms with Crippen molar-refractivity contribution in [1.82, 2.24) is 9.97 Å². The van der Waals surface area contributed by atoms with Crippen LogP contribution in [-0.4, -0.2) is 17.1 Å². The fourth-order valence-electron chi connectivity index (χ4n) is 2.61. The van der Waals surface area contributed by atoms with E-state index >= 15 is 0 Å². The number of aromatic nitrogens is 2. The smallest absolute Gasteiger partial charge is 0.137 e. The van der Waals surface area contributed by atoms with Gasteiger partial charge in [0.2, 0.25) is 0 Å². The fraction of sp³-hybridized carbons (Fsp3) is 0.222. The van der Waals surface area contributed by atoms with Gasteiger partial charge < -0.3 is 10.1 Å². The molecule has 0 aliphatic carbocycles. The summed E-state index contributed by atoms with van der Waals surface area (Å²) in [6, 6.07) is 12.3. The molecular weight excluding hydrogens is 274 g/mol. The molecule has 0 unspecified atom stereocenters. The quantitative estimate of drug-likeness (QED) is 0.793. The van der Waals surface area contributed by atoms with E-state index in [1.807, 2.05) is 25.1 Å². The van der Waals surface area contributed by atoms with Crippen molar-refractivity contribution in [3.05, 3.63) is 59.4 Å². The van der Waals surface area contributed by atoms with Crippen LogP contribution in [0.25, 0.3) is 10.9 Å². The van der Waals surface area contributed by atoms with E-state index in [1.54, 1.807) is 13.4 Å². The van der Waals surface area contributed by atoms with E-state index in [-0.39, 0.29) is 0 Å². The first kappa shape index (κ1) is 14.3. The normalized spacial score (nSPS) is 10.7. The van der Waals surface area contributed by atoms with Gasteiger partial charge in [-0.1, -0.05) is 24.3 Å². The maximum Gasteiger partial charge on any atom is 0.137 e. The van der Waals surface area contributed by atoms with Crippen LogP contribution in [0.3, 0.4) is 0 Å². The Kier molecular flexibility index (Phi) is 3.92. The molecule has 4 heteroatoms. The molecule has 0 saturated heterocycles. The predicted octanol–water partition coefficient (Wildman–Crippen LogP) is 3.87. The number of ether oxygens (including phenoxy) is 1. The second-order valence-electron chi connectivity index (χ2n) is 5.35. The minimum Gasteiger partial charge on any atom is -0.496 e. The molecule has 112 valence electrons. The number of hydrogen-bond donors (Lipinski definition) is 1. The van der Waals surface area contributed by atoms with Gasteiger partial charge in [-0.2, -0.15) is 0 Å². The summed E-state index contributed by atoms with van der Waals surface area (Å²) >= 11 is 0. The minimum absolute atomic E-state index is 0.713. The third kappa shape index (κ3) is 2.72. The standard InChI is InChI=1S/C18H19N3O/c1-12-5-4-6-15-17(12)20-11-21-18(15)19-10-14-7-8-16(22-3)13(2)9-14/h4-9,11H,10H2,1-3H3,(H,19,20,21). The molecule has 1 N–H and O–H groups in total. The summed E-state index contributed by atoms with van der Waals surface area (Å²) < 4.78 is 5.29.